The zero-order chi connectivity index (χ0) is 10.8. The molecule has 0 unspecified atom stereocenters. The molecule has 1 heterocycles. The Balaban J connectivity index is 2.37. The van der Waals surface area contributed by atoms with Gasteiger partial charge >= 0.3 is 0 Å². The lowest BCUT2D eigenvalue weighted by Crippen LogP contribution is -1.98. The summed E-state index contributed by atoms with van der Waals surface area (Å²) in [6.45, 7) is 3.79. The molecule has 2 rings (SSSR count). The van der Waals surface area contributed by atoms with E-state index < -0.39 is 0 Å². The molecule has 0 fully saturated rings. The van der Waals surface area contributed by atoms with Gasteiger partial charge in [-0.3, -0.25) is 4.79 Å². The molecule has 2 heteroatoms. The largest absolute Gasteiger partial charge is 0.458 e. The molecule has 15 heavy (non-hydrogen) atoms. The van der Waals surface area contributed by atoms with Crippen LogP contribution in [0.2, 0.25) is 0 Å². The van der Waals surface area contributed by atoms with E-state index in [0.29, 0.717) is 11.3 Å². The Morgan fingerprint density at radius 1 is 1.13 bits per heavy atom. The summed E-state index contributed by atoms with van der Waals surface area (Å²) in [4.78, 5) is 11.9. The van der Waals surface area contributed by atoms with Crippen molar-refractivity contribution in [1.82, 2.24) is 0 Å². The average molecular weight is 200 g/mol. The summed E-state index contributed by atoms with van der Waals surface area (Å²) in [5, 5.41) is 0. The number of ketones is 1. The fourth-order valence-electron chi connectivity index (χ4n) is 1.42. The Morgan fingerprint density at radius 3 is 2.33 bits per heavy atom. The van der Waals surface area contributed by atoms with Gasteiger partial charge in [-0.05, 0) is 25.5 Å². The maximum atomic E-state index is 11.9. The van der Waals surface area contributed by atoms with Crippen molar-refractivity contribution in [3.8, 4) is 0 Å². The minimum Gasteiger partial charge on any atom is -0.458 e. The van der Waals surface area contributed by atoms with Gasteiger partial charge < -0.3 is 4.42 Å². The first-order valence-corrected chi connectivity index (χ1v) is 4.85. The first-order valence-electron chi connectivity index (χ1n) is 4.85. The third-order valence-corrected chi connectivity index (χ3v) is 2.43. The molecule has 0 amide bonds. The highest BCUT2D eigenvalue weighted by atomic mass is 16.3. The number of benzene rings is 1. The second-order valence-electron chi connectivity index (χ2n) is 3.54. The number of rotatable bonds is 2. The van der Waals surface area contributed by atoms with Gasteiger partial charge in [-0.15, -0.1) is 0 Å². The molecule has 0 saturated heterocycles. The zero-order valence-corrected chi connectivity index (χ0v) is 8.78. The Bertz CT molecular complexity index is 461. The number of furan rings is 1. The van der Waals surface area contributed by atoms with E-state index in [1.165, 1.54) is 0 Å². The molecule has 0 aliphatic heterocycles. The maximum Gasteiger partial charge on any atom is 0.228 e. The van der Waals surface area contributed by atoms with Gasteiger partial charge in [0, 0.05) is 5.56 Å². The number of aryl methyl sites for hydroxylation is 2. The van der Waals surface area contributed by atoms with Gasteiger partial charge in [0.15, 0.2) is 5.76 Å². The lowest BCUT2D eigenvalue weighted by molar-refractivity contribution is 0.101. The number of hydrogen-bond acceptors (Lipinski definition) is 2. The van der Waals surface area contributed by atoms with E-state index in [1.54, 1.807) is 18.2 Å². The normalized spacial score (nSPS) is 10.3. The molecular weight excluding hydrogens is 188 g/mol. The van der Waals surface area contributed by atoms with Gasteiger partial charge in [-0.1, -0.05) is 30.3 Å². The van der Waals surface area contributed by atoms with E-state index in [-0.39, 0.29) is 5.78 Å². The van der Waals surface area contributed by atoms with E-state index in [9.17, 15) is 4.79 Å². The van der Waals surface area contributed by atoms with Crippen LogP contribution in [0.3, 0.4) is 0 Å². The molecule has 0 spiro atoms. The van der Waals surface area contributed by atoms with Crippen LogP contribution in [0.25, 0.3) is 0 Å². The SMILES string of the molecule is Cc1cc(C(=O)c2ccccc2)oc1C. The van der Waals surface area contributed by atoms with Crippen molar-refractivity contribution in [2.45, 2.75) is 13.8 Å². The van der Waals surface area contributed by atoms with Crippen molar-refractivity contribution < 1.29 is 9.21 Å². The van der Waals surface area contributed by atoms with E-state index in [2.05, 4.69) is 0 Å². The number of carbonyl (C=O) groups is 1. The summed E-state index contributed by atoms with van der Waals surface area (Å²) < 4.78 is 5.38. The monoisotopic (exact) mass is 200 g/mol. The van der Waals surface area contributed by atoms with Crippen molar-refractivity contribution in [1.29, 1.82) is 0 Å². The molecule has 76 valence electrons. The summed E-state index contributed by atoms with van der Waals surface area (Å²) in [6.07, 6.45) is 0. The van der Waals surface area contributed by atoms with Crippen molar-refractivity contribution in [2.75, 3.05) is 0 Å². The first kappa shape index (κ1) is 9.71. The topological polar surface area (TPSA) is 30.2 Å². The molecule has 2 aromatic rings. The van der Waals surface area contributed by atoms with Crippen LogP contribution < -0.4 is 0 Å². The number of carbonyl (C=O) groups excluding carboxylic acids is 1. The predicted molar refractivity (Wildman–Crippen MR) is 58.1 cm³/mol. The molecule has 0 radical (unpaired) electrons. The lowest BCUT2D eigenvalue weighted by atomic mass is 10.1. The third kappa shape index (κ3) is 1.84. The lowest BCUT2D eigenvalue weighted by Gasteiger charge is -1.95. The second-order valence-corrected chi connectivity index (χ2v) is 3.54. The molecular formula is C13H12O2. The highest BCUT2D eigenvalue weighted by Crippen LogP contribution is 2.16. The van der Waals surface area contributed by atoms with Gasteiger partial charge in [-0.2, -0.15) is 0 Å². The highest BCUT2D eigenvalue weighted by molar-refractivity contribution is 6.07. The van der Waals surface area contributed by atoms with E-state index >= 15 is 0 Å². The minimum atomic E-state index is -0.0631. The fraction of sp³-hybridized carbons (Fsp3) is 0.154. The Labute approximate surface area is 88.5 Å². The maximum absolute atomic E-state index is 11.9. The second kappa shape index (κ2) is 3.73. The Kier molecular flexibility index (Phi) is 2.42. The van der Waals surface area contributed by atoms with Crippen molar-refractivity contribution in [2.24, 2.45) is 0 Å². The summed E-state index contributed by atoms with van der Waals surface area (Å²) in [5.41, 5.74) is 1.67. The van der Waals surface area contributed by atoms with Crippen LogP contribution in [0.4, 0.5) is 0 Å². The molecule has 0 atom stereocenters. The summed E-state index contributed by atoms with van der Waals surface area (Å²) in [6, 6.07) is 10.9. The summed E-state index contributed by atoms with van der Waals surface area (Å²) >= 11 is 0. The smallest absolute Gasteiger partial charge is 0.228 e. The standard InChI is InChI=1S/C13H12O2/c1-9-8-12(15-10(9)2)13(14)11-6-4-3-5-7-11/h3-8H,1-2H3. The molecule has 0 N–H and O–H groups in total. The Hall–Kier alpha value is -1.83. The van der Waals surface area contributed by atoms with Crippen molar-refractivity contribution >= 4 is 5.78 Å². The summed E-state index contributed by atoms with van der Waals surface area (Å²) in [7, 11) is 0. The van der Waals surface area contributed by atoms with E-state index in [0.717, 1.165) is 11.3 Å². The van der Waals surface area contributed by atoms with E-state index in [4.69, 9.17) is 4.42 Å². The zero-order valence-electron chi connectivity index (χ0n) is 8.78. The quantitative estimate of drug-likeness (QED) is 0.697. The highest BCUT2D eigenvalue weighted by Gasteiger charge is 2.13. The predicted octanol–water partition coefficient (Wildman–Crippen LogP) is 3.13. The molecule has 0 bridgehead atoms. The molecule has 0 saturated carbocycles. The fourth-order valence-corrected chi connectivity index (χ4v) is 1.42. The van der Waals surface area contributed by atoms with Crippen LogP contribution in [0.15, 0.2) is 40.8 Å². The molecule has 1 aromatic carbocycles. The van der Waals surface area contributed by atoms with Crippen LogP contribution in [0, 0.1) is 13.8 Å². The van der Waals surface area contributed by atoms with Gasteiger partial charge in [0.25, 0.3) is 0 Å². The van der Waals surface area contributed by atoms with Gasteiger partial charge in [0.1, 0.15) is 5.76 Å². The van der Waals surface area contributed by atoms with Crippen LogP contribution in [-0.4, -0.2) is 5.78 Å². The third-order valence-electron chi connectivity index (χ3n) is 2.43. The first-order chi connectivity index (χ1) is 7.18. The van der Waals surface area contributed by atoms with Crippen LogP contribution >= 0.6 is 0 Å². The van der Waals surface area contributed by atoms with Crippen LogP contribution in [-0.2, 0) is 0 Å². The van der Waals surface area contributed by atoms with Gasteiger partial charge in [0.2, 0.25) is 5.78 Å². The minimum absolute atomic E-state index is 0.0631. The van der Waals surface area contributed by atoms with E-state index in [1.807, 2.05) is 32.0 Å². The van der Waals surface area contributed by atoms with Crippen molar-refractivity contribution in [3.63, 3.8) is 0 Å². The Morgan fingerprint density at radius 2 is 1.80 bits per heavy atom. The summed E-state index contributed by atoms with van der Waals surface area (Å²) in [5.74, 6) is 1.15. The van der Waals surface area contributed by atoms with Gasteiger partial charge in [-0.25, -0.2) is 0 Å². The molecule has 0 aliphatic rings. The molecule has 0 aliphatic carbocycles. The van der Waals surface area contributed by atoms with Crippen molar-refractivity contribution in [3.05, 3.63) is 59.0 Å². The molecule has 2 nitrogen and oxygen atoms in total. The van der Waals surface area contributed by atoms with Crippen LogP contribution in [0.5, 0.6) is 0 Å². The average Bonchev–Trinajstić information content (AvgIpc) is 2.59. The van der Waals surface area contributed by atoms with Gasteiger partial charge in [0.05, 0.1) is 0 Å². The molecule has 1 aromatic heterocycles. The number of hydrogen-bond donors (Lipinski definition) is 0. The van der Waals surface area contributed by atoms with Crippen LogP contribution in [0.1, 0.15) is 27.4 Å².